The van der Waals surface area contributed by atoms with Crippen molar-refractivity contribution in [2.75, 3.05) is 25.0 Å². The van der Waals surface area contributed by atoms with Gasteiger partial charge in [-0.15, -0.1) is 0 Å². The number of rotatable bonds is 7. The molecule has 1 aliphatic carbocycles. The molecule has 0 aromatic heterocycles. The van der Waals surface area contributed by atoms with E-state index in [1.165, 1.54) is 50.3 Å². The molecule has 0 unspecified atom stereocenters. The van der Waals surface area contributed by atoms with Crippen LogP contribution in [0.5, 0.6) is 5.75 Å². The van der Waals surface area contributed by atoms with E-state index < -0.39 is 6.61 Å². The Morgan fingerprint density at radius 1 is 1.14 bits per heavy atom. The number of likely N-dealkylation sites (tertiary alicyclic amines) is 1. The normalized spacial score (nSPS) is 19.7. The van der Waals surface area contributed by atoms with Gasteiger partial charge in [0.2, 0.25) is 5.91 Å². The van der Waals surface area contributed by atoms with Crippen molar-refractivity contribution in [2.24, 2.45) is 0 Å². The Morgan fingerprint density at radius 3 is 2.46 bits per heavy atom. The van der Waals surface area contributed by atoms with E-state index in [2.05, 4.69) is 15.0 Å². The van der Waals surface area contributed by atoms with Gasteiger partial charge in [0.25, 0.3) is 0 Å². The number of nitrogens with one attached hydrogen (secondary N) is 1. The van der Waals surface area contributed by atoms with Gasteiger partial charge in [-0.25, -0.2) is 0 Å². The summed E-state index contributed by atoms with van der Waals surface area (Å²) in [6.07, 6.45) is 8.79. The molecule has 2 fully saturated rings. The van der Waals surface area contributed by atoms with Crippen LogP contribution in [0, 0.1) is 0 Å². The second kappa shape index (κ2) is 10.4. The van der Waals surface area contributed by atoms with Crippen LogP contribution >= 0.6 is 11.6 Å². The van der Waals surface area contributed by atoms with Crippen LogP contribution in [0.2, 0.25) is 5.02 Å². The van der Waals surface area contributed by atoms with Gasteiger partial charge < -0.3 is 14.8 Å². The van der Waals surface area contributed by atoms with Gasteiger partial charge in [-0.3, -0.25) is 9.69 Å². The zero-order valence-corrected chi connectivity index (χ0v) is 16.6. The molecular weight excluding hydrogens is 390 g/mol. The number of amides is 1. The minimum Gasteiger partial charge on any atom is -0.433 e. The molecule has 28 heavy (non-hydrogen) atoms. The summed E-state index contributed by atoms with van der Waals surface area (Å²) in [5.41, 5.74) is 0.451. The molecule has 1 saturated carbocycles. The first-order valence-corrected chi connectivity index (χ1v) is 10.3. The average molecular weight is 417 g/mol. The molecule has 1 amide bonds. The van der Waals surface area contributed by atoms with Crippen molar-refractivity contribution in [1.29, 1.82) is 0 Å². The first kappa shape index (κ1) is 21.3. The molecule has 0 radical (unpaired) electrons. The van der Waals surface area contributed by atoms with Crippen molar-refractivity contribution in [3.05, 3.63) is 23.2 Å². The third-order valence-corrected chi connectivity index (χ3v) is 5.57. The Bertz CT molecular complexity index is 648. The van der Waals surface area contributed by atoms with E-state index in [0.717, 1.165) is 25.9 Å². The standard InChI is InChI=1S/C20H27ClF2N2O3/c21-17-12-14(6-7-18(17)28-20(22)23)24-19(26)13-25-10-8-16(9-11-25)27-15-4-2-1-3-5-15/h6-7,12,15-16,20H,1-5,8-11,13H2,(H,24,26). The van der Waals surface area contributed by atoms with Gasteiger partial charge in [-0.2, -0.15) is 8.78 Å². The Kier molecular flexibility index (Phi) is 7.88. The molecule has 1 N–H and O–H groups in total. The summed E-state index contributed by atoms with van der Waals surface area (Å²) in [5, 5.41) is 2.77. The number of carbonyl (C=O) groups is 1. The third kappa shape index (κ3) is 6.57. The number of hydrogen-bond donors (Lipinski definition) is 1. The summed E-state index contributed by atoms with van der Waals surface area (Å²) in [5.74, 6) is -0.278. The van der Waals surface area contributed by atoms with Gasteiger partial charge in [0, 0.05) is 18.8 Å². The first-order valence-electron chi connectivity index (χ1n) is 9.91. The molecule has 5 nitrogen and oxygen atoms in total. The molecule has 0 bridgehead atoms. The van der Waals surface area contributed by atoms with Crippen molar-refractivity contribution in [3.8, 4) is 5.75 Å². The van der Waals surface area contributed by atoms with E-state index in [1.54, 1.807) is 0 Å². The maximum absolute atomic E-state index is 12.3. The summed E-state index contributed by atoms with van der Waals surface area (Å²) in [4.78, 5) is 14.4. The number of hydrogen-bond acceptors (Lipinski definition) is 4. The van der Waals surface area contributed by atoms with E-state index in [0.29, 0.717) is 17.9 Å². The van der Waals surface area contributed by atoms with Gasteiger partial charge in [0.15, 0.2) is 0 Å². The molecule has 3 rings (SSSR count). The number of benzene rings is 1. The van der Waals surface area contributed by atoms with Crippen LogP contribution in [0.3, 0.4) is 0 Å². The molecule has 0 atom stereocenters. The van der Waals surface area contributed by atoms with Crippen LogP contribution in [0.1, 0.15) is 44.9 Å². The largest absolute Gasteiger partial charge is 0.433 e. The number of nitrogens with zero attached hydrogens (tertiary/aromatic N) is 1. The summed E-state index contributed by atoms with van der Waals surface area (Å²) in [7, 11) is 0. The quantitative estimate of drug-likeness (QED) is 0.700. The molecule has 0 spiro atoms. The first-order chi connectivity index (χ1) is 13.5. The molecule has 8 heteroatoms. The maximum Gasteiger partial charge on any atom is 0.387 e. The highest BCUT2D eigenvalue weighted by Crippen LogP contribution is 2.29. The summed E-state index contributed by atoms with van der Waals surface area (Å²) < 4.78 is 35.0. The fraction of sp³-hybridized carbons (Fsp3) is 0.650. The van der Waals surface area contributed by atoms with Gasteiger partial charge in [-0.05, 0) is 43.9 Å². The topological polar surface area (TPSA) is 50.8 Å². The zero-order chi connectivity index (χ0) is 19.9. The van der Waals surface area contributed by atoms with Crippen LogP contribution in [0.25, 0.3) is 0 Å². The Hall–Kier alpha value is -1.44. The highest BCUT2D eigenvalue weighted by atomic mass is 35.5. The number of piperidine rings is 1. The van der Waals surface area contributed by atoms with E-state index in [9.17, 15) is 13.6 Å². The summed E-state index contributed by atoms with van der Waals surface area (Å²) >= 11 is 5.91. The highest BCUT2D eigenvalue weighted by Gasteiger charge is 2.25. The monoisotopic (exact) mass is 416 g/mol. The van der Waals surface area contributed by atoms with Crippen molar-refractivity contribution in [3.63, 3.8) is 0 Å². The SMILES string of the molecule is O=C(CN1CCC(OC2CCCCC2)CC1)Nc1ccc(OC(F)F)c(Cl)c1. The van der Waals surface area contributed by atoms with Crippen LogP contribution < -0.4 is 10.1 Å². The lowest BCUT2D eigenvalue weighted by Crippen LogP contribution is -2.42. The third-order valence-electron chi connectivity index (χ3n) is 5.27. The summed E-state index contributed by atoms with van der Waals surface area (Å²) in [6.45, 7) is -1.01. The van der Waals surface area contributed by atoms with Crippen molar-refractivity contribution >= 4 is 23.2 Å². The molecule has 1 heterocycles. The predicted molar refractivity (Wildman–Crippen MR) is 104 cm³/mol. The van der Waals surface area contributed by atoms with Crippen LogP contribution in [-0.4, -0.2) is 49.3 Å². The van der Waals surface area contributed by atoms with E-state index in [1.807, 2.05) is 0 Å². The molecule has 156 valence electrons. The number of anilines is 1. The van der Waals surface area contributed by atoms with Crippen LogP contribution in [-0.2, 0) is 9.53 Å². The Labute approximate surface area is 169 Å². The fourth-order valence-corrected chi connectivity index (χ4v) is 4.08. The number of carbonyl (C=O) groups excluding carboxylic acids is 1. The minimum absolute atomic E-state index is 0.0266. The van der Waals surface area contributed by atoms with Crippen LogP contribution in [0.4, 0.5) is 14.5 Å². The van der Waals surface area contributed by atoms with Gasteiger partial charge in [0.1, 0.15) is 5.75 Å². The van der Waals surface area contributed by atoms with E-state index in [4.69, 9.17) is 16.3 Å². The molecular formula is C20H27ClF2N2O3. The zero-order valence-electron chi connectivity index (χ0n) is 15.8. The lowest BCUT2D eigenvalue weighted by atomic mass is 9.97. The predicted octanol–water partition coefficient (Wildman–Crippen LogP) is 4.69. The van der Waals surface area contributed by atoms with Crippen molar-refractivity contribution in [2.45, 2.75) is 63.8 Å². The Morgan fingerprint density at radius 2 is 1.82 bits per heavy atom. The average Bonchev–Trinajstić information content (AvgIpc) is 2.66. The molecule has 1 aromatic rings. The number of halogens is 3. The van der Waals surface area contributed by atoms with E-state index in [-0.39, 0.29) is 23.2 Å². The number of alkyl halides is 2. The van der Waals surface area contributed by atoms with Crippen LogP contribution in [0.15, 0.2) is 18.2 Å². The Balaban J connectivity index is 1.40. The van der Waals surface area contributed by atoms with Crippen molar-refractivity contribution < 1.29 is 23.0 Å². The summed E-state index contributed by atoms with van der Waals surface area (Å²) in [6, 6.07) is 4.21. The lowest BCUT2D eigenvalue weighted by Gasteiger charge is -2.34. The van der Waals surface area contributed by atoms with Gasteiger partial charge >= 0.3 is 6.61 Å². The van der Waals surface area contributed by atoms with Crippen molar-refractivity contribution in [1.82, 2.24) is 4.90 Å². The minimum atomic E-state index is -2.94. The van der Waals surface area contributed by atoms with Gasteiger partial charge in [-0.1, -0.05) is 30.9 Å². The second-order valence-electron chi connectivity index (χ2n) is 7.44. The molecule has 1 saturated heterocycles. The fourth-order valence-electron chi connectivity index (χ4n) is 3.85. The van der Waals surface area contributed by atoms with Gasteiger partial charge in [0.05, 0.1) is 23.8 Å². The maximum atomic E-state index is 12.3. The highest BCUT2D eigenvalue weighted by molar-refractivity contribution is 6.32. The molecule has 1 aromatic carbocycles. The molecule has 2 aliphatic rings. The van der Waals surface area contributed by atoms with E-state index >= 15 is 0 Å². The number of ether oxygens (including phenoxy) is 2. The smallest absolute Gasteiger partial charge is 0.387 e. The molecule has 1 aliphatic heterocycles. The lowest BCUT2D eigenvalue weighted by molar-refractivity contribution is -0.118. The second-order valence-corrected chi connectivity index (χ2v) is 7.85.